The summed E-state index contributed by atoms with van der Waals surface area (Å²) in [5, 5.41) is 7.62. The van der Waals surface area contributed by atoms with Gasteiger partial charge in [0.25, 0.3) is 0 Å². The van der Waals surface area contributed by atoms with Gasteiger partial charge in [0.15, 0.2) is 0 Å². The zero-order chi connectivity index (χ0) is 14.0. The fourth-order valence-electron chi connectivity index (χ4n) is 2.46. The van der Waals surface area contributed by atoms with E-state index in [1.165, 1.54) is 0 Å². The molecule has 0 aliphatic rings. The quantitative estimate of drug-likeness (QED) is 0.885. The second-order valence-corrected chi connectivity index (χ2v) is 5.04. The Kier molecular flexibility index (Phi) is 4.10. The maximum Gasteiger partial charge on any atom is 0.138 e. The summed E-state index contributed by atoms with van der Waals surface area (Å²) >= 11 is 0. The Hall–Kier alpha value is -1.55. The molecule has 0 unspecified atom stereocenters. The molecule has 4 nitrogen and oxygen atoms in total. The van der Waals surface area contributed by atoms with Crippen molar-refractivity contribution in [2.24, 2.45) is 0 Å². The first-order valence-electron chi connectivity index (χ1n) is 6.78. The molecular formula is C15H22N2O2. The van der Waals surface area contributed by atoms with Gasteiger partial charge in [0.05, 0.1) is 11.7 Å². The summed E-state index contributed by atoms with van der Waals surface area (Å²) in [6.45, 7) is 10.2. The summed E-state index contributed by atoms with van der Waals surface area (Å²) in [6.07, 6.45) is 0.979. The molecule has 4 heteroatoms. The molecule has 104 valence electrons. The van der Waals surface area contributed by atoms with Gasteiger partial charge in [-0.05, 0) is 46.2 Å². The third-order valence-corrected chi connectivity index (χ3v) is 3.48. The van der Waals surface area contributed by atoms with Crippen molar-refractivity contribution < 1.29 is 8.94 Å². The lowest BCUT2D eigenvalue weighted by molar-refractivity contribution is 0.369. The fourth-order valence-corrected chi connectivity index (χ4v) is 2.46. The second kappa shape index (κ2) is 5.61. The molecule has 2 rings (SSSR count). The molecule has 0 aliphatic carbocycles. The van der Waals surface area contributed by atoms with Crippen LogP contribution in [0.15, 0.2) is 21.1 Å². The van der Waals surface area contributed by atoms with E-state index in [0.717, 1.165) is 35.0 Å². The molecular weight excluding hydrogens is 240 g/mol. The molecule has 0 aliphatic heterocycles. The van der Waals surface area contributed by atoms with Gasteiger partial charge in [0, 0.05) is 11.6 Å². The topological polar surface area (TPSA) is 51.2 Å². The molecule has 0 saturated carbocycles. The van der Waals surface area contributed by atoms with E-state index < -0.39 is 0 Å². The van der Waals surface area contributed by atoms with Crippen LogP contribution in [0, 0.1) is 20.8 Å². The van der Waals surface area contributed by atoms with E-state index in [4.69, 9.17) is 8.94 Å². The van der Waals surface area contributed by atoms with Gasteiger partial charge in [-0.1, -0.05) is 12.1 Å². The highest BCUT2D eigenvalue weighted by Gasteiger charge is 2.21. The van der Waals surface area contributed by atoms with Crippen molar-refractivity contribution in [1.82, 2.24) is 10.5 Å². The normalized spacial score (nSPS) is 14.6. The van der Waals surface area contributed by atoms with Gasteiger partial charge < -0.3 is 14.3 Å². The first-order valence-corrected chi connectivity index (χ1v) is 6.78. The van der Waals surface area contributed by atoms with E-state index in [-0.39, 0.29) is 12.1 Å². The van der Waals surface area contributed by atoms with Crippen LogP contribution in [-0.4, -0.2) is 5.16 Å². The molecule has 0 amide bonds. The molecule has 1 N–H and O–H groups in total. The van der Waals surface area contributed by atoms with Crippen molar-refractivity contribution in [2.75, 3.05) is 0 Å². The molecule has 0 radical (unpaired) electrons. The Bertz CT molecular complexity index is 523. The van der Waals surface area contributed by atoms with E-state index in [0.29, 0.717) is 0 Å². The summed E-state index contributed by atoms with van der Waals surface area (Å²) in [5.74, 6) is 2.79. The number of nitrogens with zero attached hydrogens (tertiary/aromatic N) is 1. The molecule has 19 heavy (non-hydrogen) atoms. The molecule has 0 aromatic carbocycles. The largest absolute Gasteiger partial charge is 0.465 e. The zero-order valence-electron chi connectivity index (χ0n) is 12.3. The maximum absolute atomic E-state index is 5.67. The van der Waals surface area contributed by atoms with Crippen LogP contribution in [0.2, 0.25) is 0 Å². The Balaban J connectivity index is 2.16. The number of hydrogen-bond acceptors (Lipinski definition) is 4. The van der Waals surface area contributed by atoms with Crippen molar-refractivity contribution in [3.63, 3.8) is 0 Å². The molecule has 2 aromatic rings. The van der Waals surface area contributed by atoms with Crippen LogP contribution in [0.3, 0.4) is 0 Å². The lowest BCUT2D eigenvalue weighted by Crippen LogP contribution is -2.24. The highest BCUT2D eigenvalue weighted by atomic mass is 16.5. The van der Waals surface area contributed by atoms with Gasteiger partial charge in [-0.2, -0.15) is 0 Å². The second-order valence-electron chi connectivity index (χ2n) is 5.04. The summed E-state index contributed by atoms with van der Waals surface area (Å²) in [5.41, 5.74) is 2.12. The molecule has 0 bridgehead atoms. The van der Waals surface area contributed by atoms with Crippen LogP contribution < -0.4 is 5.32 Å². The molecule has 2 atom stereocenters. The van der Waals surface area contributed by atoms with Crippen molar-refractivity contribution in [3.8, 4) is 0 Å². The standard InChI is InChI=1S/C15H22N2O2/c1-6-13(15-11(4)17-19-12(15)5)16-10(3)14-8-7-9(2)18-14/h7-8,10,13,16H,6H2,1-5H3/t10-,13-/m1/s1. The number of hydrogen-bond donors (Lipinski definition) is 1. The van der Waals surface area contributed by atoms with Gasteiger partial charge >= 0.3 is 0 Å². The van der Waals surface area contributed by atoms with Gasteiger partial charge in [0.1, 0.15) is 17.3 Å². The third kappa shape index (κ3) is 2.89. The monoisotopic (exact) mass is 262 g/mol. The summed E-state index contributed by atoms with van der Waals surface area (Å²) < 4.78 is 10.9. The van der Waals surface area contributed by atoms with E-state index in [9.17, 15) is 0 Å². The van der Waals surface area contributed by atoms with E-state index >= 15 is 0 Å². The van der Waals surface area contributed by atoms with Crippen LogP contribution in [0.1, 0.15) is 60.9 Å². The van der Waals surface area contributed by atoms with Crippen LogP contribution in [0.4, 0.5) is 0 Å². The van der Waals surface area contributed by atoms with Crippen LogP contribution in [0.25, 0.3) is 0 Å². The minimum absolute atomic E-state index is 0.160. The van der Waals surface area contributed by atoms with Gasteiger partial charge in [-0.3, -0.25) is 0 Å². The van der Waals surface area contributed by atoms with Crippen molar-refractivity contribution in [1.29, 1.82) is 0 Å². The maximum atomic E-state index is 5.67. The van der Waals surface area contributed by atoms with E-state index in [2.05, 4.69) is 24.3 Å². The average molecular weight is 262 g/mol. The molecule has 0 saturated heterocycles. The lowest BCUT2D eigenvalue weighted by Gasteiger charge is -2.21. The fraction of sp³-hybridized carbons (Fsp3) is 0.533. The molecule has 2 aromatic heterocycles. The Morgan fingerprint density at radius 2 is 2.00 bits per heavy atom. The van der Waals surface area contributed by atoms with Gasteiger partial charge in [-0.15, -0.1) is 0 Å². The predicted octanol–water partition coefficient (Wildman–Crippen LogP) is 3.99. The summed E-state index contributed by atoms with van der Waals surface area (Å²) in [4.78, 5) is 0. The number of aromatic nitrogens is 1. The van der Waals surface area contributed by atoms with E-state index in [1.54, 1.807) is 0 Å². The Morgan fingerprint density at radius 1 is 1.26 bits per heavy atom. The number of rotatable bonds is 5. The minimum atomic E-state index is 0.160. The molecule has 0 spiro atoms. The van der Waals surface area contributed by atoms with Gasteiger partial charge in [0.2, 0.25) is 0 Å². The molecule has 0 fully saturated rings. The van der Waals surface area contributed by atoms with Crippen LogP contribution >= 0.6 is 0 Å². The SMILES string of the molecule is CC[C@@H](N[C@H](C)c1ccc(C)o1)c1c(C)noc1C. The zero-order valence-corrected chi connectivity index (χ0v) is 12.3. The lowest BCUT2D eigenvalue weighted by atomic mass is 10.0. The summed E-state index contributed by atoms with van der Waals surface area (Å²) in [7, 11) is 0. The van der Waals surface area contributed by atoms with E-state index in [1.807, 2.05) is 32.9 Å². The first-order chi connectivity index (χ1) is 9.02. The third-order valence-electron chi connectivity index (χ3n) is 3.48. The van der Waals surface area contributed by atoms with Crippen molar-refractivity contribution in [2.45, 2.75) is 53.1 Å². The van der Waals surface area contributed by atoms with Crippen molar-refractivity contribution >= 4 is 0 Å². The Labute approximate surface area is 114 Å². The molecule has 2 heterocycles. The first kappa shape index (κ1) is 13.9. The van der Waals surface area contributed by atoms with Crippen LogP contribution in [-0.2, 0) is 0 Å². The smallest absolute Gasteiger partial charge is 0.138 e. The van der Waals surface area contributed by atoms with Gasteiger partial charge in [-0.25, -0.2) is 0 Å². The van der Waals surface area contributed by atoms with Crippen molar-refractivity contribution in [3.05, 3.63) is 40.7 Å². The number of nitrogens with one attached hydrogen (secondary N) is 1. The number of aryl methyl sites for hydroxylation is 3. The Morgan fingerprint density at radius 3 is 2.47 bits per heavy atom. The highest BCUT2D eigenvalue weighted by molar-refractivity contribution is 5.25. The average Bonchev–Trinajstić information content (AvgIpc) is 2.94. The summed E-state index contributed by atoms with van der Waals surface area (Å²) in [6, 6.07) is 4.40. The highest BCUT2D eigenvalue weighted by Crippen LogP contribution is 2.27. The van der Waals surface area contributed by atoms with Crippen LogP contribution in [0.5, 0.6) is 0 Å². The number of furan rings is 1. The minimum Gasteiger partial charge on any atom is -0.465 e. The predicted molar refractivity (Wildman–Crippen MR) is 74.0 cm³/mol.